The smallest absolute Gasteiger partial charge is 0.200 e. The summed E-state index contributed by atoms with van der Waals surface area (Å²) in [4.78, 5) is 12.3. The molecule has 0 N–H and O–H groups in total. The fourth-order valence-corrected chi connectivity index (χ4v) is 2.53. The van der Waals surface area contributed by atoms with Crippen LogP contribution in [0.3, 0.4) is 0 Å². The number of ether oxygens (including phenoxy) is 1. The average Bonchev–Trinajstić information content (AvgIpc) is 2.55. The minimum absolute atomic E-state index is 0.0849. The van der Waals surface area contributed by atoms with Gasteiger partial charge in [0, 0.05) is 5.56 Å². The number of carbonyl (C=O) groups excluding carboxylic acids is 1. The monoisotopic (exact) mass is 330 g/mol. The van der Waals surface area contributed by atoms with E-state index >= 15 is 0 Å². The number of halogens is 2. The molecule has 0 aliphatic carbocycles. The maximum Gasteiger partial charge on any atom is 0.200 e. The van der Waals surface area contributed by atoms with Crippen molar-refractivity contribution in [2.24, 2.45) is 0 Å². The first-order chi connectivity index (χ1) is 10.6. The maximum atomic E-state index is 12.3. The van der Waals surface area contributed by atoms with E-state index in [0.29, 0.717) is 21.4 Å². The van der Waals surface area contributed by atoms with Gasteiger partial charge in [-0.05, 0) is 29.0 Å². The number of rotatable bonds is 4. The first kappa shape index (κ1) is 14.9. The van der Waals surface area contributed by atoms with Gasteiger partial charge in [-0.2, -0.15) is 0 Å². The SMILES string of the molecule is O=C(COc1cccc(Cl)c1Cl)c1ccc2ccccc2c1. The van der Waals surface area contributed by atoms with Crippen LogP contribution in [-0.2, 0) is 0 Å². The molecule has 22 heavy (non-hydrogen) atoms. The van der Waals surface area contributed by atoms with Gasteiger partial charge in [0.15, 0.2) is 12.4 Å². The van der Waals surface area contributed by atoms with Gasteiger partial charge in [0.2, 0.25) is 0 Å². The molecule has 3 aromatic carbocycles. The number of Topliss-reactive ketones (excluding diaryl/α,β-unsaturated/α-hetero) is 1. The molecule has 0 aromatic heterocycles. The van der Waals surface area contributed by atoms with E-state index in [2.05, 4.69) is 0 Å². The second-order valence-corrected chi connectivity index (χ2v) is 5.61. The van der Waals surface area contributed by atoms with Crippen molar-refractivity contribution in [3.8, 4) is 5.75 Å². The Morgan fingerprint density at radius 1 is 0.909 bits per heavy atom. The molecule has 2 nitrogen and oxygen atoms in total. The minimum Gasteiger partial charge on any atom is -0.484 e. The number of hydrogen-bond donors (Lipinski definition) is 0. The van der Waals surface area contributed by atoms with Gasteiger partial charge < -0.3 is 4.74 Å². The molecule has 4 heteroatoms. The van der Waals surface area contributed by atoms with Crippen molar-refractivity contribution in [1.29, 1.82) is 0 Å². The van der Waals surface area contributed by atoms with Crippen LogP contribution in [0.1, 0.15) is 10.4 Å². The molecule has 0 aliphatic heterocycles. The standard InChI is InChI=1S/C18H12Cl2O2/c19-15-6-3-7-17(18(15)20)22-11-16(21)14-9-8-12-4-1-2-5-13(12)10-14/h1-10H,11H2. The topological polar surface area (TPSA) is 26.3 Å². The molecule has 0 unspecified atom stereocenters. The maximum absolute atomic E-state index is 12.3. The van der Waals surface area contributed by atoms with Gasteiger partial charge >= 0.3 is 0 Å². The van der Waals surface area contributed by atoms with Gasteiger partial charge in [0.05, 0.1) is 5.02 Å². The molecule has 110 valence electrons. The summed E-state index contributed by atoms with van der Waals surface area (Å²) < 4.78 is 5.48. The fourth-order valence-electron chi connectivity index (χ4n) is 2.18. The van der Waals surface area contributed by atoms with Crippen LogP contribution < -0.4 is 4.74 Å². The molecular formula is C18H12Cl2O2. The molecule has 0 saturated heterocycles. The van der Waals surface area contributed by atoms with Gasteiger partial charge in [-0.25, -0.2) is 0 Å². The van der Waals surface area contributed by atoms with Crippen molar-refractivity contribution in [1.82, 2.24) is 0 Å². The van der Waals surface area contributed by atoms with Crippen LogP contribution >= 0.6 is 23.2 Å². The third kappa shape index (κ3) is 3.08. The van der Waals surface area contributed by atoms with Crippen molar-refractivity contribution in [3.05, 3.63) is 76.3 Å². The molecule has 0 bridgehead atoms. The highest BCUT2D eigenvalue weighted by molar-refractivity contribution is 6.42. The van der Waals surface area contributed by atoms with Crippen molar-refractivity contribution in [2.75, 3.05) is 6.61 Å². The number of ketones is 1. The van der Waals surface area contributed by atoms with E-state index in [4.69, 9.17) is 27.9 Å². The second kappa shape index (κ2) is 6.39. The van der Waals surface area contributed by atoms with E-state index in [1.165, 1.54) is 0 Å². The fraction of sp³-hybridized carbons (Fsp3) is 0.0556. The number of carbonyl (C=O) groups is 1. The summed E-state index contributed by atoms with van der Waals surface area (Å²) in [5, 5.41) is 2.83. The molecule has 0 aliphatic rings. The Morgan fingerprint density at radius 2 is 1.68 bits per heavy atom. The van der Waals surface area contributed by atoms with Gasteiger partial charge in [-0.1, -0.05) is 65.7 Å². The second-order valence-electron chi connectivity index (χ2n) is 4.83. The summed E-state index contributed by atoms with van der Waals surface area (Å²) in [5.74, 6) is 0.296. The normalized spacial score (nSPS) is 10.6. The van der Waals surface area contributed by atoms with Crippen LogP contribution in [0.2, 0.25) is 10.0 Å². The predicted octanol–water partition coefficient (Wildman–Crippen LogP) is 5.41. The van der Waals surface area contributed by atoms with E-state index < -0.39 is 0 Å². The van der Waals surface area contributed by atoms with Gasteiger partial charge in [-0.3, -0.25) is 4.79 Å². The largest absolute Gasteiger partial charge is 0.484 e. The molecule has 0 spiro atoms. The average molecular weight is 331 g/mol. The molecule has 0 atom stereocenters. The molecule has 0 radical (unpaired) electrons. The third-order valence-corrected chi connectivity index (χ3v) is 4.15. The quantitative estimate of drug-likeness (QED) is 0.598. The molecular weight excluding hydrogens is 319 g/mol. The molecule has 0 heterocycles. The van der Waals surface area contributed by atoms with E-state index in [1.54, 1.807) is 24.3 Å². The first-order valence-corrected chi connectivity index (χ1v) is 7.49. The Morgan fingerprint density at radius 3 is 2.50 bits per heavy atom. The highest BCUT2D eigenvalue weighted by Gasteiger charge is 2.10. The van der Waals surface area contributed by atoms with Crippen LogP contribution in [0.4, 0.5) is 0 Å². The van der Waals surface area contributed by atoms with Gasteiger partial charge in [0.25, 0.3) is 0 Å². The van der Waals surface area contributed by atoms with Crippen LogP contribution in [0, 0.1) is 0 Å². The summed E-state index contributed by atoms with van der Waals surface area (Å²) in [6.07, 6.45) is 0. The summed E-state index contributed by atoms with van der Waals surface area (Å²) in [6, 6.07) is 18.6. The summed E-state index contributed by atoms with van der Waals surface area (Å²) in [7, 11) is 0. The molecule has 0 saturated carbocycles. The summed E-state index contributed by atoms with van der Waals surface area (Å²) in [6.45, 7) is -0.0849. The van der Waals surface area contributed by atoms with Crippen LogP contribution in [0.5, 0.6) is 5.75 Å². The van der Waals surface area contributed by atoms with Crippen molar-refractivity contribution in [2.45, 2.75) is 0 Å². The third-order valence-electron chi connectivity index (χ3n) is 3.35. The van der Waals surface area contributed by atoms with Crippen molar-refractivity contribution >= 4 is 39.8 Å². The lowest BCUT2D eigenvalue weighted by molar-refractivity contribution is 0.0922. The van der Waals surface area contributed by atoms with E-state index in [0.717, 1.165) is 10.8 Å². The Hall–Kier alpha value is -2.03. The van der Waals surface area contributed by atoms with E-state index in [9.17, 15) is 4.79 Å². The molecule has 3 aromatic rings. The predicted molar refractivity (Wildman–Crippen MR) is 90.2 cm³/mol. The zero-order valence-corrected chi connectivity index (χ0v) is 13.1. The first-order valence-electron chi connectivity index (χ1n) is 6.74. The summed E-state index contributed by atoms with van der Waals surface area (Å²) >= 11 is 11.9. The van der Waals surface area contributed by atoms with Gasteiger partial charge in [0.1, 0.15) is 10.8 Å². The lowest BCUT2D eigenvalue weighted by atomic mass is 10.0. The summed E-state index contributed by atoms with van der Waals surface area (Å²) in [5.41, 5.74) is 0.608. The number of benzene rings is 3. The highest BCUT2D eigenvalue weighted by atomic mass is 35.5. The van der Waals surface area contributed by atoms with E-state index in [-0.39, 0.29) is 12.4 Å². The Bertz CT molecular complexity index is 843. The van der Waals surface area contributed by atoms with Crippen LogP contribution in [0.15, 0.2) is 60.7 Å². The molecule has 3 rings (SSSR count). The lowest BCUT2D eigenvalue weighted by Gasteiger charge is -2.08. The van der Waals surface area contributed by atoms with Gasteiger partial charge in [-0.15, -0.1) is 0 Å². The Kier molecular flexibility index (Phi) is 4.32. The molecule has 0 fully saturated rings. The zero-order valence-electron chi connectivity index (χ0n) is 11.6. The highest BCUT2D eigenvalue weighted by Crippen LogP contribution is 2.31. The van der Waals surface area contributed by atoms with Crippen LogP contribution in [0.25, 0.3) is 10.8 Å². The molecule has 0 amide bonds. The lowest BCUT2D eigenvalue weighted by Crippen LogP contribution is -2.11. The van der Waals surface area contributed by atoms with Crippen molar-refractivity contribution < 1.29 is 9.53 Å². The number of fused-ring (bicyclic) bond motifs is 1. The van der Waals surface area contributed by atoms with Crippen LogP contribution in [-0.4, -0.2) is 12.4 Å². The zero-order chi connectivity index (χ0) is 15.5. The Labute approximate surface area is 138 Å². The number of hydrogen-bond acceptors (Lipinski definition) is 2. The van der Waals surface area contributed by atoms with E-state index in [1.807, 2.05) is 36.4 Å². The van der Waals surface area contributed by atoms with Crippen molar-refractivity contribution in [3.63, 3.8) is 0 Å². The Balaban J connectivity index is 1.77. The minimum atomic E-state index is -0.109.